The highest BCUT2D eigenvalue weighted by molar-refractivity contribution is 5.89. The molecule has 0 spiro atoms. The van der Waals surface area contributed by atoms with Crippen LogP contribution >= 0.6 is 0 Å². The van der Waals surface area contributed by atoms with Crippen LogP contribution in [0.5, 0.6) is 0 Å². The Morgan fingerprint density at radius 2 is 2.06 bits per heavy atom. The summed E-state index contributed by atoms with van der Waals surface area (Å²) in [5.41, 5.74) is -0.432. The number of ether oxygens (including phenoxy) is 1. The Balaban J connectivity index is 3.03. The average molecular weight is 234 g/mol. The molecule has 0 fully saturated rings. The highest BCUT2D eigenvalue weighted by Crippen LogP contribution is 2.32. The van der Waals surface area contributed by atoms with Crippen LogP contribution in [0.4, 0.5) is 13.2 Å². The average Bonchev–Trinajstić information content (AvgIpc) is 2.26. The van der Waals surface area contributed by atoms with Gasteiger partial charge in [0.2, 0.25) is 0 Å². The topological polar surface area (TPSA) is 46.5 Å². The first-order valence-corrected chi connectivity index (χ1v) is 4.29. The third-order valence-corrected chi connectivity index (χ3v) is 1.93. The molecule has 16 heavy (non-hydrogen) atoms. The van der Waals surface area contributed by atoms with E-state index < -0.39 is 23.8 Å². The predicted octanol–water partition coefficient (Wildman–Crippen LogP) is 2.07. The molecule has 1 aromatic rings. The van der Waals surface area contributed by atoms with Gasteiger partial charge < -0.3 is 9.84 Å². The number of carbonyl (C=O) groups excluding carboxylic acids is 1. The maximum Gasteiger partial charge on any atom is 0.418 e. The molecule has 88 valence electrons. The molecule has 1 rings (SSSR count). The highest BCUT2D eigenvalue weighted by Gasteiger charge is 2.39. The fraction of sp³-hybridized carbons (Fsp3) is 0.300. The van der Waals surface area contributed by atoms with Crippen molar-refractivity contribution in [2.45, 2.75) is 12.3 Å². The van der Waals surface area contributed by atoms with E-state index in [1.165, 1.54) is 12.1 Å². The van der Waals surface area contributed by atoms with Gasteiger partial charge in [0.1, 0.15) is 0 Å². The smallest absolute Gasteiger partial charge is 0.418 e. The normalized spacial score (nSPS) is 13.3. The van der Waals surface area contributed by atoms with Crippen LogP contribution in [0.25, 0.3) is 0 Å². The number of hydrogen-bond donors (Lipinski definition) is 1. The van der Waals surface area contributed by atoms with Crippen molar-refractivity contribution < 1.29 is 27.8 Å². The van der Waals surface area contributed by atoms with Crippen molar-refractivity contribution in [2.75, 3.05) is 7.11 Å². The largest absolute Gasteiger partial charge is 0.465 e. The number of benzene rings is 1. The number of aliphatic hydroxyl groups excluding tert-OH is 1. The van der Waals surface area contributed by atoms with Gasteiger partial charge in [-0.05, 0) is 17.7 Å². The molecule has 6 heteroatoms. The summed E-state index contributed by atoms with van der Waals surface area (Å²) >= 11 is 0. The first-order valence-electron chi connectivity index (χ1n) is 4.29. The molecule has 0 radical (unpaired) electrons. The van der Waals surface area contributed by atoms with Crippen molar-refractivity contribution in [3.63, 3.8) is 0 Å². The lowest BCUT2D eigenvalue weighted by Gasteiger charge is -2.15. The summed E-state index contributed by atoms with van der Waals surface area (Å²) in [4.78, 5) is 11.1. The summed E-state index contributed by atoms with van der Waals surface area (Å²) in [6, 6.07) is 4.59. The maximum absolute atomic E-state index is 12.2. The van der Waals surface area contributed by atoms with Gasteiger partial charge >= 0.3 is 12.1 Å². The van der Waals surface area contributed by atoms with Gasteiger partial charge in [0.05, 0.1) is 12.7 Å². The Hall–Kier alpha value is -1.56. The Morgan fingerprint density at radius 1 is 1.44 bits per heavy atom. The van der Waals surface area contributed by atoms with Crippen LogP contribution in [0, 0.1) is 0 Å². The monoisotopic (exact) mass is 234 g/mol. The van der Waals surface area contributed by atoms with Gasteiger partial charge in [0, 0.05) is 0 Å². The zero-order valence-corrected chi connectivity index (χ0v) is 8.28. The van der Waals surface area contributed by atoms with Crippen LogP contribution in [0.3, 0.4) is 0 Å². The van der Waals surface area contributed by atoms with Gasteiger partial charge in [-0.25, -0.2) is 4.79 Å². The number of alkyl halides is 3. The molecule has 0 heterocycles. The van der Waals surface area contributed by atoms with Crippen molar-refractivity contribution >= 4 is 5.97 Å². The molecule has 3 nitrogen and oxygen atoms in total. The van der Waals surface area contributed by atoms with Crippen molar-refractivity contribution in [3.05, 3.63) is 35.4 Å². The number of hydrogen-bond acceptors (Lipinski definition) is 3. The second-order valence-electron chi connectivity index (χ2n) is 3.06. The maximum atomic E-state index is 12.2. The van der Waals surface area contributed by atoms with Crippen molar-refractivity contribution in [1.82, 2.24) is 0 Å². The second-order valence-corrected chi connectivity index (χ2v) is 3.06. The van der Waals surface area contributed by atoms with Crippen LogP contribution in [0.15, 0.2) is 24.3 Å². The summed E-state index contributed by atoms with van der Waals surface area (Å²) in [7, 11) is 1.12. The molecule has 0 saturated heterocycles. The van der Waals surface area contributed by atoms with Crippen LogP contribution in [0.2, 0.25) is 0 Å². The fourth-order valence-electron chi connectivity index (χ4n) is 1.14. The molecule has 1 atom stereocenters. The van der Waals surface area contributed by atoms with E-state index in [2.05, 4.69) is 4.74 Å². The molecule has 0 aliphatic rings. The van der Waals surface area contributed by atoms with Crippen molar-refractivity contribution in [2.24, 2.45) is 0 Å². The minimum atomic E-state index is -4.76. The number of aliphatic hydroxyl groups is 1. The SMILES string of the molecule is COC(=O)c1cccc([C@@H](O)C(F)(F)F)c1. The molecule has 1 N–H and O–H groups in total. The second kappa shape index (κ2) is 4.52. The van der Waals surface area contributed by atoms with Crippen LogP contribution in [-0.4, -0.2) is 24.4 Å². The Bertz CT molecular complexity index is 387. The Labute approximate surface area is 89.5 Å². The standard InChI is InChI=1S/C10H9F3O3/c1-16-9(15)7-4-2-3-6(5-7)8(14)10(11,12)13/h2-5,8,14H,1H3/t8-/m1/s1. The minimum absolute atomic E-state index is 0.0386. The van der Waals surface area contributed by atoms with E-state index in [1.54, 1.807) is 0 Å². The van der Waals surface area contributed by atoms with E-state index in [4.69, 9.17) is 5.11 Å². The molecule has 1 aromatic carbocycles. The van der Waals surface area contributed by atoms with E-state index in [9.17, 15) is 18.0 Å². The third-order valence-electron chi connectivity index (χ3n) is 1.93. The quantitative estimate of drug-likeness (QED) is 0.797. The Kier molecular flexibility index (Phi) is 3.54. The summed E-state index contributed by atoms with van der Waals surface area (Å²) in [6.45, 7) is 0. The fourth-order valence-corrected chi connectivity index (χ4v) is 1.14. The lowest BCUT2D eigenvalue weighted by atomic mass is 10.1. The molecule has 0 unspecified atom stereocenters. The van der Waals surface area contributed by atoms with Crippen LogP contribution in [-0.2, 0) is 4.74 Å². The predicted molar refractivity (Wildman–Crippen MR) is 48.8 cm³/mol. The van der Waals surface area contributed by atoms with E-state index in [-0.39, 0.29) is 5.56 Å². The van der Waals surface area contributed by atoms with Crippen LogP contribution < -0.4 is 0 Å². The summed E-state index contributed by atoms with van der Waals surface area (Å²) in [6.07, 6.45) is -7.36. The molecule has 0 amide bonds. The first-order chi connectivity index (χ1) is 7.36. The number of rotatable bonds is 2. The van der Waals surface area contributed by atoms with Gasteiger partial charge in [-0.2, -0.15) is 13.2 Å². The first kappa shape index (κ1) is 12.5. The molecular formula is C10H9F3O3. The van der Waals surface area contributed by atoms with Gasteiger partial charge in [-0.15, -0.1) is 0 Å². The zero-order valence-electron chi connectivity index (χ0n) is 8.28. The molecule has 0 saturated carbocycles. The third kappa shape index (κ3) is 2.73. The number of esters is 1. The van der Waals surface area contributed by atoms with Crippen molar-refractivity contribution in [3.8, 4) is 0 Å². The molecule has 0 aliphatic heterocycles. The summed E-state index contributed by atoms with van der Waals surface area (Å²) in [5.74, 6) is -0.753. The minimum Gasteiger partial charge on any atom is -0.465 e. The molecule has 0 aromatic heterocycles. The molecular weight excluding hydrogens is 225 g/mol. The van der Waals surface area contributed by atoms with Gasteiger partial charge in [-0.3, -0.25) is 0 Å². The van der Waals surface area contributed by atoms with Gasteiger partial charge in [-0.1, -0.05) is 12.1 Å². The van der Waals surface area contributed by atoms with E-state index >= 15 is 0 Å². The lowest BCUT2D eigenvalue weighted by Crippen LogP contribution is -2.20. The van der Waals surface area contributed by atoms with E-state index in [0.717, 1.165) is 19.2 Å². The van der Waals surface area contributed by atoms with Crippen LogP contribution in [0.1, 0.15) is 22.0 Å². The summed E-state index contributed by atoms with van der Waals surface area (Å²) < 4.78 is 40.9. The molecule has 0 bridgehead atoms. The lowest BCUT2D eigenvalue weighted by molar-refractivity contribution is -0.206. The van der Waals surface area contributed by atoms with E-state index in [1.807, 2.05) is 0 Å². The van der Waals surface area contributed by atoms with Crippen molar-refractivity contribution in [1.29, 1.82) is 0 Å². The zero-order chi connectivity index (χ0) is 12.3. The highest BCUT2D eigenvalue weighted by atomic mass is 19.4. The number of methoxy groups -OCH3 is 1. The van der Waals surface area contributed by atoms with E-state index in [0.29, 0.717) is 0 Å². The number of halogens is 3. The number of carbonyl (C=O) groups is 1. The van der Waals surface area contributed by atoms with Gasteiger partial charge in [0.25, 0.3) is 0 Å². The van der Waals surface area contributed by atoms with Gasteiger partial charge in [0.15, 0.2) is 6.10 Å². The summed E-state index contributed by atoms with van der Waals surface area (Å²) in [5, 5.41) is 8.96. The molecule has 0 aliphatic carbocycles. The Morgan fingerprint density at radius 3 is 2.56 bits per heavy atom.